The number of aliphatic hydroxyl groups excluding tert-OH is 1. The summed E-state index contributed by atoms with van der Waals surface area (Å²) in [6.45, 7) is 7.22. The van der Waals surface area contributed by atoms with Gasteiger partial charge in [-0.15, -0.1) is 0 Å². The fraction of sp³-hybridized carbons (Fsp3) is 0.850. The molecule has 8 heteroatoms. The summed E-state index contributed by atoms with van der Waals surface area (Å²) in [5.74, 6) is 0.772. The highest BCUT2D eigenvalue weighted by atomic mass is 17.2. The molecule has 164 valence electrons. The third kappa shape index (κ3) is 8.34. The van der Waals surface area contributed by atoms with Crippen molar-refractivity contribution in [3.63, 3.8) is 0 Å². The topological polar surface area (TPSA) is 122 Å². The maximum atomic E-state index is 9.95. The first-order valence-corrected chi connectivity index (χ1v) is 10.3. The maximum absolute atomic E-state index is 9.95. The predicted octanol–water partition coefficient (Wildman–Crippen LogP) is 2.11. The Morgan fingerprint density at radius 2 is 1.93 bits per heavy atom. The van der Waals surface area contributed by atoms with Crippen molar-refractivity contribution in [2.75, 3.05) is 26.9 Å². The number of nitrogens with zero attached hydrogens (tertiary/aromatic N) is 1. The molecule has 5 atom stereocenters. The van der Waals surface area contributed by atoms with Crippen molar-refractivity contribution in [1.29, 1.82) is 0 Å². The molecule has 1 rings (SSSR count). The van der Waals surface area contributed by atoms with Crippen LogP contribution < -0.4 is 11.5 Å². The van der Waals surface area contributed by atoms with Crippen molar-refractivity contribution < 1.29 is 24.4 Å². The monoisotopic (exact) mass is 401 g/mol. The van der Waals surface area contributed by atoms with Crippen LogP contribution in [0.2, 0.25) is 0 Å². The molecule has 0 saturated heterocycles. The third-order valence-corrected chi connectivity index (χ3v) is 5.09. The van der Waals surface area contributed by atoms with Gasteiger partial charge in [-0.3, -0.25) is 0 Å². The zero-order chi connectivity index (χ0) is 20.9. The Bertz CT molecular complexity index is 482. The molecule has 0 aliphatic carbocycles. The van der Waals surface area contributed by atoms with Gasteiger partial charge >= 0.3 is 0 Å². The van der Waals surface area contributed by atoms with Gasteiger partial charge in [-0.05, 0) is 32.3 Å². The second-order valence-electron chi connectivity index (χ2n) is 7.40. The van der Waals surface area contributed by atoms with E-state index in [0.29, 0.717) is 13.2 Å². The molecule has 0 aromatic heterocycles. The molecule has 0 bridgehead atoms. The molecule has 0 saturated carbocycles. The first-order valence-electron chi connectivity index (χ1n) is 10.3. The molecule has 5 N–H and O–H groups in total. The number of guanidine groups is 1. The van der Waals surface area contributed by atoms with Gasteiger partial charge in [0.1, 0.15) is 6.10 Å². The lowest BCUT2D eigenvalue weighted by atomic mass is 9.83. The van der Waals surface area contributed by atoms with Crippen LogP contribution in [0.4, 0.5) is 0 Å². The summed E-state index contributed by atoms with van der Waals surface area (Å²) in [5, 5.41) is 9.95. The number of nitrogens with two attached hydrogens (primary N) is 2. The van der Waals surface area contributed by atoms with Crippen LogP contribution in [0.1, 0.15) is 52.9 Å². The van der Waals surface area contributed by atoms with Crippen LogP contribution in [0, 0.1) is 11.8 Å². The number of ether oxygens (including phenoxy) is 2. The van der Waals surface area contributed by atoms with E-state index in [4.69, 9.17) is 30.7 Å². The van der Waals surface area contributed by atoms with E-state index in [9.17, 15) is 5.11 Å². The Morgan fingerprint density at radius 1 is 1.25 bits per heavy atom. The standard InChI is InChI=1S/C20H39N3O5/c1-5-6-10-26-27-11-8-7-9-16(13-24)19(25-4)18-15(3)17(23-20(21)22)12-14(2)28-18/h12,15-19,24H,5-11,13H2,1-4H3,(H4,21,22,23)/t15-,16-,17+,18-,19-/m1/s1. The molecule has 0 radical (unpaired) electrons. The van der Waals surface area contributed by atoms with Gasteiger partial charge < -0.3 is 26.0 Å². The van der Waals surface area contributed by atoms with E-state index in [-0.39, 0.29) is 42.7 Å². The lowest BCUT2D eigenvalue weighted by Crippen LogP contribution is -2.47. The number of aliphatic imine (C=N–C) groups is 1. The molecule has 1 heterocycles. The van der Waals surface area contributed by atoms with Crippen molar-refractivity contribution in [3.8, 4) is 0 Å². The van der Waals surface area contributed by atoms with Crippen molar-refractivity contribution in [2.24, 2.45) is 28.3 Å². The molecule has 0 aromatic rings. The molecular weight excluding hydrogens is 362 g/mol. The Hall–Kier alpha value is -1.35. The fourth-order valence-corrected chi connectivity index (χ4v) is 3.48. The summed E-state index contributed by atoms with van der Waals surface area (Å²) < 4.78 is 11.8. The van der Waals surface area contributed by atoms with Gasteiger partial charge in [0.25, 0.3) is 0 Å². The number of allylic oxidation sites excluding steroid dienone is 1. The second-order valence-corrected chi connectivity index (χ2v) is 7.40. The minimum absolute atomic E-state index is 0.0140. The van der Waals surface area contributed by atoms with E-state index < -0.39 is 0 Å². The zero-order valence-corrected chi connectivity index (χ0v) is 17.8. The molecule has 1 aliphatic rings. The van der Waals surface area contributed by atoms with E-state index in [2.05, 4.69) is 11.9 Å². The molecule has 0 spiro atoms. The summed E-state index contributed by atoms with van der Waals surface area (Å²) >= 11 is 0. The smallest absolute Gasteiger partial charge is 0.186 e. The molecule has 0 aromatic carbocycles. The highest BCUT2D eigenvalue weighted by molar-refractivity contribution is 5.76. The number of unbranched alkanes of at least 4 members (excludes halogenated alkanes) is 2. The third-order valence-electron chi connectivity index (χ3n) is 5.09. The largest absolute Gasteiger partial charge is 0.492 e. The summed E-state index contributed by atoms with van der Waals surface area (Å²) in [7, 11) is 1.65. The van der Waals surface area contributed by atoms with Crippen molar-refractivity contribution >= 4 is 5.96 Å². The Labute approximate surface area is 169 Å². The van der Waals surface area contributed by atoms with Crippen molar-refractivity contribution in [2.45, 2.75) is 71.1 Å². The molecule has 28 heavy (non-hydrogen) atoms. The van der Waals surface area contributed by atoms with Crippen LogP contribution in [0.25, 0.3) is 0 Å². The average molecular weight is 402 g/mol. The molecule has 1 aliphatic heterocycles. The van der Waals surface area contributed by atoms with Gasteiger partial charge in [0.05, 0.1) is 31.1 Å². The second kappa shape index (κ2) is 13.8. The quantitative estimate of drug-likeness (QED) is 0.134. The molecular formula is C20H39N3O5. The number of hydrogen-bond donors (Lipinski definition) is 3. The van der Waals surface area contributed by atoms with E-state index in [1.807, 2.05) is 19.9 Å². The minimum Gasteiger partial charge on any atom is -0.492 e. The Balaban J connectivity index is 2.58. The summed E-state index contributed by atoms with van der Waals surface area (Å²) in [6.07, 6.45) is 6.05. The lowest BCUT2D eigenvalue weighted by Gasteiger charge is -2.40. The van der Waals surface area contributed by atoms with Gasteiger partial charge in [-0.25, -0.2) is 14.8 Å². The molecule has 0 fully saturated rings. The number of hydrogen-bond acceptors (Lipinski definition) is 6. The lowest BCUT2D eigenvalue weighted by molar-refractivity contribution is -0.295. The van der Waals surface area contributed by atoms with Crippen LogP contribution in [0.15, 0.2) is 16.8 Å². The number of rotatable bonds is 14. The van der Waals surface area contributed by atoms with Gasteiger partial charge in [-0.2, -0.15) is 0 Å². The van der Waals surface area contributed by atoms with Crippen LogP contribution in [-0.2, 0) is 19.2 Å². The van der Waals surface area contributed by atoms with E-state index >= 15 is 0 Å². The summed E-state index contributed by atoms with van der Waals surface area (Å²) in [5.41, 5.74) is 11.1. The van der Waals surface area contributed by atoms with Crippen molar-refractivity contribution in [1.82, 2.24) is 0 Å². The first-order chi connectivity index (χ1) is 13.4. The van der Waals surface area contributed by atoms with E-state index in [0.717, 1.165) is 37.9 Å². The predicted molar refractivity (Wildman–Crippen MR) is 109 cm³/mol. The number of aliphatic hydroxyl groups is 1. The normalized spacial score (nSPS) is 24.2. The number of methoxy groups -OCH3 is 1. The fourth-order valence-electron chi connectivity index (χ4n) is 3.48. The van der Waals surface area contributed by atoms with Crippen LogP contribution >= 0.6 is 0 Å². The average Bonchev–Trinajstić information content (AvgIpc) is 2.65. The van der Waals surface area contributed by atoms with Gasteiger partial charge in [-0.1, -0.05) is 26.7 Å². The molecule has 8 nitrogen and oxygen atoms in total. The Morgan fingerprint density at radius 3 is 2.50 bits per heavy atom. The molecule has 0 amide bonds. The Kier molecular flexibility index (Phi) is 12.1. The first kappa shape index (κ1) is 24.7. The SMILES string of the molecule is CCCCOOCCCC[C@H](CO)[C@@H](OC)[C@@H]1OC(C)=C[C@H](N=C(N)N)[C@H]1C. The highest BCUT2D eigenvalue weighted by Crippen LogP contribution is 2.32. The highest BCUT2D eigenvalue weighted by Gasteiger charge is 2.39. The van der Waals surface area contributed by atoms with E-state index in [1.54, 1.807) is 7.11 Å². The van der Waals surface area contributed by atoms with Gasteiger partial charge in [0, 0.05) is 25.6 Å². The minimum atomic E-state index is -0.262. The van der Waals surface area contributed by atoms with Gasteiger partial charge in [0.2, 0.25) is 0 Å². The zero-order valence-electron chi connectivity index (χ0n) is 17.8. The molecule has 0 unspecified atom stereocenters. The van der Waals surface area contributed by atoms with Gasteiger partial charge in [0.15, 0.2) is 5.96 Å². The van der Waals surface area contributed by atoms with E-state index in [1.165, 1.54) is 0 Å². The summed E-state index contributed by atoms with van der Waals surface area (Å²) in [4.78, 5) is 14.6. The maximum Gasteiger partial charge on any atom is 0.186 e. The summed E-state index contributed by atoms with van der Waals surface area (Å²) in [6, 6.07) is -0.172. The van der Waals surface area contributed by atoms with Crippen molar-refractivity contribution in [3.05, 3.63) is 11.8 Å². The van der Waals surface area contributed by atoms with Crippen LogP contribution in [-0.4, -0.2) is 56.2 Å². The van der Waals surface area contributed by atoms with Crippen LogP contribution in [0.5, 0.6) is 0 Å². The van der Waals surface area contributed by atoms with Crippen LogP contribution in [0.3, 0.4) is 0 Å².